The lowest BCUT2D eigenvalue weighted by Gasteiger charge is -2.04. The van der Waals surface area contributed by atoms with Crippen LogP contribution in [0.5, 0.6) is 0 Å². The van der Waals surface area contributed by atoms with Crippen LogP contribution >= 0.6 is 0 Å². The van der Waals surface area contributed by atoms with Crippen LogP contribution in [-0.2, 0) is 0 Å². The maximum absolute atomic E-state index is 12.5. The number of carbonyl (C=O) groups is 1. The van der Waals surface area contributed by atoms with E-state index in [0.717, 1.165) is 11.3 Å². The van der Waals surface area contributed by atoms with Crippen LogP contribution in [0.4, 0.5) is 5.69 Å². The summed E-state index contributed by atoms with van der Waals surface area (Å²) in [6.07, 6.45) is 6.91. The molecule has 0 bridgehead atoms. The first-order valence-electron chi connectivity index (χ1n) is 8.91. The summed E-state index contributed by atoms with van der Waals surface area (Å²) >= 11 is 0. The third kappa shape index (κ3) is 4.06. The fourth-order valence-corrected chi connectivity index (χ4v) is 2.93. The molecule has 0 spiro atoms. The highest BCUT2D eigenvalue weighted by molar-refractivity contribution is 6.07. The number of allylic oxidation sites excluding steroid dienone is 1. The number of carbonyl (C=O) groups excluding carboxylic acids is 1. The normalized spacial score (nSPS) is 11.0. The molecule has 0 radical (unpaired) electrons. The summed E-state index contributed by atoms with van der Waals surface area (Å²) in [5, 5.41) is 10.7. The van der Waals surface area contributed by atoms with Crippen molar-refractivity contribution in [2.45, 2.75) is 0 Å². The van der Waals surface area contributed by atoms with Gasteiger partial charge >= 0.3 is 0 Å². The summed E-state index contributed by atoms with van der Waals surface area (Å²) in [5.74, 6) is 0.960. The van der Waals surface area contributed by atoms with Crippen molar-refractivity contribution in [1.29, 1.82) is 0 Å². The Kier molecular flexibility index (Phi) is 4.90. The van der Waals surface area contributed by atoms with Gasteiger partial charge in [0.05, 0.1) is 4.92 Å². The monoisotopic (exact) mass is 384 g/mol. The van der Waals surface area contributed by atoms with Gasteiger partial charge in [-0.1, -0.05) is 12.1 Å². The maximum Gasteiger partial charge on any atom is 0.269 e. The molecule has 6 heteroatoms. The lowest BCUT2D eigenvalue weighted by Crippen LogP contribution is -1.97. The maximum atomic E-state index is 12.5. The van der Waals surface area contributed by atoms with E-state index in [1.54, 1.807) is 36.4 Å². The third-order valence-corrected chi connectivity index (χ3v) is 4.42. The molecule has 0 aliphatic heterocycles. The summed E-state index contributed by atoms with van der Waals surface area (Å²) in [6.45, 7) is 0. The van der Waals surface area contributed by atoms with E-state index in [4.69, 9.17) is 4.42 Å². The Balaban J connectivity index is 1.49. The van der Waals surface area contributed by atoms with E-state index < -0.39 is 4.92 Å². The van der Waals surface area contributed by atoms with Crippen LogP contribution in [-0.4, -0.2) is 15.3 Å². The van der Waals surface area contributed by atoms with Crippen molar-refractivity contribution in [3.8, 4) is 17.0 Å². The van der Waals surface area contributed by atoms with Gasteiger partial charge < -0.3 is 8.98 Å². The Labute approximate surface area is 166 Å². The quantitative estimate of drug-likeness (QED) is 0.189. The average molecular weight is 384 g/mol. The van der Waals surface area contributed by atoms with Crippen LogP contribution in [0.25, 0.3) is 23.1 Å². The van der Waals surface area contributed by atoms with Gasteiger partial charge in [0.25, 0.3) is 5.69 Å². The summed E-state index contributed by atoms with van der Waals surface area (Å²) in [5.41, 5.74) is 2.23. The van der Waals surface area contributed by atoms with Gasteiger partial charge in [0.15, 0.2) is 5.78 Å². The predicted molar refractivity (Wildman–Crippen MR) is 110 cm³/mol. The summed E-state index contributed by atoms with van der Waals surface area (Å²) < 4.78 is 7.66. The number of benzene rings is 2. The van der Waals surface area contributed by atoms with Crippen LogP contribution in [0, 0.1) is 10.1 Å². The molecule has 29 heavy (non-hydrogen) atoms. The lowest BCUT2D eigenvalue weighted by molar-refractivity contribution is -0.384. The van der Waals surface area contributed by atoms with Gasteiger partial charge in [-0.3, -0.25) is 14.9 Å². The number of nitro groups is 1. The number of hydrogen-bond donors (Lipinski definition) is 0. The Morgan fingerprint density at radius 2 is 1.72 bits per heavy atom. The Morgan fingerprint density at radius 1 is 0.966 bits per heavy atom. The molecule has 2 aromatic heterocycles. The van der Waals surface area contributed by atoms with Gasteiger partial charge in [0.1, 0.15) is 11.5 Å². The van der Waals surface area contributed by atoms with Gasteiger partial charge in [-0.25, -0.2) is 0 Å². The highest BCUT2D eigenvalue weighted by Gasteiger charge is 2.08. The highest BCUT2D eigenvalue weighted by atomic mass is 16.6. The van der Waals surface area contributed by atoms with Gasteiger partial charge in [-0.2, -0.15) is 0 Å². The molecule has 2 aromatic carbocycles. The smallest absolute Gasteiger partial charge is 0.269 e. The van der Waals surface area contributed by atoms with Crippen molar-refractivity contribution >= 4 is 17.5 Å². The van der Waals surface area contributed by atoms with Crippen molar-refractivity contribution in [2.75, 3.05) is 0 Å². The minimum absolute atomic E-state index is 0.0214. The van der Waals surface area contributed by atoms with Gasteiger partial charge in [-0.05, 0) is 60.7 Å². The molecular formula is C23H16N2O4. The van der Waals surface area contributed by atoms with Crippen LogP contribution in [0.3, 0.4) is 0 Å². The van der Waals surface area contributed by atoms with Crippen LogP contribution in [0.15, 0.2) is 95.7 Å². The molecule has 0 atom stereocenters. The van der Waals surface area contributed by atoms with Crippen LogP contribution in [0.2, 0.25) is 0 Å². The summed E-state index contributed by atoms with van der Waals surface area (Å²) in [7, 11) is 0. The number of rotatable bonds is 6. The van der Waals surface area contributed by atoms with Gasteiger partial charge in [0, 0.05) is 41.3 Å². The minimum atomic E-state index is -0.447. The molecule has 0 N–H and O–H groups in total. The Hall–Kier alpha value is -4.19. The molecular weight excluding hydrogens is 368 g/mol. The number of ketones is 1. The number of aromatic nitrogens is 1. The first-order valence-corrected chi connectivity index (χ1v) is 8.91. The zero-order chi connectivity index (χ0) is 20.2. The molecule has 0 aliphatic carbocycles. The molecule has 0 unspecified atom stereocenters. The van der Waals surface area contributed by atoms with E-state index in [1.165, 1.54) is 18.2 Å². The predicted octanol–water partition coefficient (Wildman–Crippen LogP) is 5.54. The number of furan rings is 1. The van der Waals surface area contributed by atoms with Crippen molar-refractivity contribution in [2.24, 2.45) is 0 Å². The minimum Gasteiger partial charge on any atom is -0.457 e. The molecule has 6 nitrogen and oxygen atoms in total. The highest BCUT2D eigenvalue weighted by Crippen LogP contribution is 2.25. The molecule has 4 aromatic rings. The first-order chi connectivity index (χ1) is 14.1. The van der Waals surface area contributed by atoms with E-state index in [9.17, 15) is 14.9 Å². The molecule has 4 rings (SSSR count). The van der Waals surface area contributed by atoms with Crippen molar-refractivity contribution < 1.29 is 14.1 Å². The summed E-state index contributed by atoms with van der Waals surface area (Å²) in [4.78, 5) is 22.8. The van der Waals surface area contributed by atoms with Gasteiger partial charge in [-0.15, -0.1) is 0 Å². The molecule has 0 aliphatic rings. The van der Waals surface area contributed by atoms with E-state index in [2.05, 4.69) is 0 Å². The Bertz CT molecular complexity index is 1190. The molecule has 0 amide bonds. The summed E-state index contributed by atoms with van der Waals surface area (Å²) in [6, 6.07) is 20.8. The topological polar surface area (TPSA) is 78.3 Å². The van der Waals surface area contributed by atoms with E-state index in [0.29, 0.717) is 17.1 Å². The van der Waals surface area contributed by atoms with Crippen molar-refractivity contribution in [3.05, 3.63) is 113 Å². The standard InChI is InChI=1S/C23H16N2O4/c26-22(18-4-3-5-20(16-18)24-14-1-2-15-24)12-10-21-11-13-23(29-21)17-6-8-19(9-7-17)25(27)28/h1-16H/b12-10+. The Morgan fingerprint density at radius 3 is 2.45 bits per heavy atom. The third-order valence-electron chi connectivity index (χ3n) is 4.42. The second-order valence-corrected chi connectivity index (χ2v) is 6.34. The molecule has 0 saturated carbocycles. The SMILES string of the molecule is O=C(/C=C/c1ccc(-c2ccc([N+](=O)[O-])cc2)o1)c1cccc(-n2cccc2)c1. The van der Waals surface area contributed by atoms with E-state index in [-0.39, 0.29) is 11.5 Å². The molecule has 2 heterocycles. The first kappa shape index (κ1) is 18.2. The number of non-ortho nitro benzene ring substituents is 1. The lowest BCUT2D eigenvalue weighted by atomic mass is 10.1. The van der Waals surface area contributed by atoms with Crippen molar-refractivity contribution in [1.82, 2.24) is 4.57 Å². The fourth-order valence-electron chi connectivity index (χ4n) is 2.93. The van der Waals surface area contributed by atoms with Gasteiger partial charge in [0.2, 0.25) is 0 Å². The average Bonchev–Trinajstić information content (AvgIpc) is 3.44. The molecule has 0 saturated heterocycles. The van der Waals surface area contributed by atoms with Crippen LogP contribution < -0.4 is 0 Å². The second kappa shape index (κ2) is 7.82. The van der Waals surface area contributed by atoms with E-state index >= 15 is 0 Å². The zero-order valence-electron chi connectivity index (χ0n) is 15.3. The number of nitrogens with zero attached hydrogens (tertiary/aromatic N) is 2. The molecule has 142 valence electrons. The molecule has 0 fully saturated rings. The van der Waals surface area contributed by atoms with Crippen LogP contribution in [0.1, 0.15) is 16.1 Å². The number of hydrogen-bond acceptors (Lipinski definition) is 4. The largest absolute Gasteiger partial charge is 0.457 e. The second-order valence-electron chi connectivity index (χ2n) is 6.34. The van der Waals surface area contributed by atoms with E-state index in [1.807, 2.05) is 47.3 Å². The zero-order valence-corrected chi connectivity index (χ0v) is 15.3. The fraction of sp³-hybridized carbons (Fsp3) is 0. The van der Waals surface area contributed by atoms with Crippen molar-refractivity contribution in [3.63, 3.8) is 0 Å². The number of nitro benzene ring substituents is 1.